The van der Waals surface area contributed by atoms with Crippen molar-refractivity contribution in [2.45, 2.75) is 51.0 Å². The molecule has 0 aromatic rings. The lowest BCUT2D eigenvalue weighted by molar-refractivity contribution is -0.123. The number of carbonyl (C=O) groups excluding carboxylic acids is 1. The number of nitrogens with one attached hydrogen (secondary N) is 1. The first kappa shape index (κ1) is 12.8. The molecular weight excluding hydrogens is 216 g/mol. The van der Waals surface area contributed by atoms with Crippen LogP contribution in [0, 0.1) is 5.41 Å². The van der Waals surface area contributed by atoms with E-state index in [1.165, 1.54) is 12.8 Å². The van der Waals surface area contributed by atoms with Gasteiger partial charge >= 0.3 is 0 Å². The molecule has 17 heavy (non-hydrogen) atoms. The van der Waals surface area contributed by atoms with Gasteiger partial charge in [0.2, 0.25) is 5.91 Å². The Morgan fingerprint density at radius 2 is 2.12 bits per heavy atom. The molecular formula is C13H24N2O2. The van der Waals surface area contributed by atoms with Gasteiger partial charge in [0.25, 0.3) is 0 Å². The minimum absolute atomic E-state index is 0.122. The molecule has 1 heterocycles. The van der Waals surface area contributed by atoms with Crippen LogP contribution in [0.1, 0.15) is 44.9 Å². The highest BCUT2D eigenvalue weighted by molar-refractivity contribution is 5.76. The fraction of sp³-hybridized carbons (Fsp3) is 0.923. The molecule has 0 bridgehead atoms. The Bertz CT molecular complexity index is 256. The Hall–Kier alpha value is -0.610. The first-order chi connectivity index (χ1) is 8.24. The number of nitrogens with two attached hydrogens (primary N) is 1. The van der Waals surface area contributed by atoms with Gasteiger partial charge in [-0.15, -0.1) is 0 Å². The number of hydrogen-bond donors (Lipinski definition) is 2. The van der Waals surface area contributed by atoms with Gasteiger partial charge in [0.15, 0.2) is 0 Å². The molecule has 3 N–H and O–H groups in total. The van der Waals surface area contributed by atoms with Crippen LogP contribution < -0.4 is 11.1 Å². The van der Waals surface area contributed by atoms with E-state index in [1.54, 1.807) is 0 Å². The lowest BCUT2D eigenvalue weighted by Gasteiger charge is -2.27. The van der Waals surface area contributed by atoms with Crippen molar-refractivity contribution in [2.75, 3.05) is 19.7 Å². The van der Waals surface area contributed by atoms with E-state index in [4.69, 9.17) is 10.5 Å². The van der Waals surface area contributed by atoms with Crippen LogP contribution in [0.3, 0.4) is 0 Å². The average Bonchev–Trinajstić information content (AvgIpc) is 2.98. The molecule has 98 valence electrons. The van der Waals surface area contributed by atoms with Crippen LogP contribution >= 0.6 is 0 Å². The Morgan fingerprint density at radius 3 is 2.71 bits per heavy atom. The van der Waals surface area contributed by atoms with Gasteiger partial charge in [-0.2, -0.15) is 0 Å². The molecule has 1 unspecified atom stereocenters. The van der Waals surface area contributed by atoms with E-state index < -0.39 is 0 Å². The molecule has 4 heteroatoms. The molecule has 2 fully saturated rings. The minimum Gasteiger partial charge on any atom is -0.378 e. The number of hydrogen-bond acceptors (Lipinski definition) is 3. The third-order valence-corrected chi connectivity index (χ3v) is 4.19. The largest absolute Gasteiger partial charge is 0.378 e. The first-order valence-electron chi connectivity index (χ1n) is 6.82. The number of carbonyl (C=O) groups is 1. The quantitative estimate of drug-likeness (QED) is 0.758. The zero-order valence-corrected chi connectivity index (χ0v) is 10.5. The normalized spacial score (nSPS) is 27.2. The van der Waals surface area contributed by atoms with Gasteiger partial charge in [0.1, 0.15) is 0 Å². The summed E-state index contributed by atoms with van der Waals surface area (Å²) in [6, 6.07) is 0. The summed E-state index contributed by atoms with van der Waals surface area (Å²) in [5, 5.41) is 3.04. The van der Waals surface area contributed by atoms with E-state index in [-0.39, 0.29) is 17.4 Å². The third-order valence-electron chi connectivity index (χ3n) is 4.19. The van der Waals surface area contributed by atoms with Gasteiger partial charge in [0, 0.05) is 13.2 Å². The van der Waals surface area contributed by atoms with Crippen molar-refractivity contribution < 1.29 is 9.53 Å². The molecule has 0 aromatic heterocycles. The second-order valence-corrected chi connectivity index (χ2v) is 5.53. The topological polar surface area (TPSA) is 64.3 Å². The predicted octanol–water partition coefficient (Wildman–Crippen LogP) is 1.19. The first-order valence-corrected chi connectivity index (χ1v) is 6.82. The van der Waals surface area contributed by atoms with Crippen LogP contribution in [-0.2, 0) is 9.53 Å². The standard InChI is InChI=1S/C13H24N2O2/c14-9-13(5-1-2-6-13)10-15-12(16)8-11-4-3-7-17-11/h11H,1-10,14H2,(H,15,16). The smallest absolute Gasteiger partial charge is 0.222 e. The monoisotopic (exact) mass is 240 g/mol. The Labute approximate surface area is 103 Å². The molecule has 4 nitrogen and oxygen atoms in total. The maximum Gasteiger partial charge on any atom is 0.222 e. The van der Waals surface area contributed by atoms with Gasteiger partial charge in [-0.3, -0.25) is 4.79 Å². The highest BCUT2D eigenvalue weighted by Gasteiger charge is 2.32. The second-order valence-electron chi connectivity index (χ2n) is 5.53. The number of rotatable bonds is 5. The molecule has 0 radical (unpaired) electrons. The summed E-state index contributed by atoms with van der Waals surface area (Å²) in [4.78, 5) is 11.8. The van der Waals surface area contributed by atoms with Crippen molar-refractivity contribution in [2.24, 2.45) is 11.1 Å². The summed E-state index contributed by atoms with van der Waals surface area (Å²) in [7, 11) is 0. The van der Waals surface area contributed by atoms with Gasteiger partial charge in [-0.25, -0.2) is 0 Å². The maximum absolute atomic E-state index is 11.8. The lowest BCUT2D eigenvalue weighted by Crippen LogP contribution is -2.41. The van der Waals surface area contributed by atoms with Crippen molar-refractivity contribution in [3.05, 3.63) is 0 Å². The van der Waals surface area contributed by atoms with Crippen molar-refractivity contribution in [3.8, 4) is 0 Å². The van der Waals surface area contributed by atoms with E-state index in [1.807, 2.05) is 0 Å². The van der Waals surface area contributed by atoms with Crippen LogP contribution in [0.25, 0.3) is 0 Å². The molecule has 0 spiro atoms. The van der Waals surface area contributed by atoms with Gasteiger partial charge in [0.05, 0.1) is 12.5 Å². The van der Waals surface area contributed by atoms with Crippen molar-refractivity contribution in [1.29, 1.82) is 0 Å². The van der Waals surface area contributed by atoms with E-state index in [0.29, 0.717) is 13.0 Å². The minimum atomic E-state index is 0.122. The molecule has 1 aliphatic heterocycles. The summed E-state index contributed by atoms with van der Waals surface area (Å²) < 4.78 is 5.46. The highest BCUT2D eigenvalue weighted by Crippen LogP contribution is 2.36. The fourth-order valence-electron chi connectivity index (χ4n) is 2.95. The van der Waals surface area contributed by atoms with Crippen molar-refractivity contribution in [1.82, 2.24) is 5.32 Å². The molecule has 0 aromatic carbocycles. The lowest BCUT2D eigenvalue weighted by atomic mass is 9.86. The maximum atomic E-state index is 11.8. The summed E-state index contributed by atoms with van der Waals surface area (Å²) in [6.07, 6.45) is 7.58. The zero-order valence-electron chi connectivity index (χ0n) is 10.5. The molecule has 2 aliphatic rings. The van der Waals surface area contributed by atoms with Gasteiger partial charge in [-0.05, 0) is 37.6 Å². The molecule has 2 rings (SSSR count). The second kappa shape index (κ2) is 5.83. The molecule has 1 amide bonds. The van der Waals surface area contributed by atoms with E-state index >= 15 is 0 Å². The fourth-order valence-corrected chi connectivity index (χ4v) is 2.95. The molecule has 1 aliphatic carbocycles. The predicted molar refractivity (Wildman–Crippen MR) is 66.6 cm³/mol. The van der Waals surface area contributed by atoms with Crippen molar-refractivity contribution >= 4 is 5.91 Å². The molecule has 1 atom stereocenters. The Kier molecular flexibility index (Phi) is 4.40. The summed E-state index contributed by atoms with van der Waals surface area (Å²) in [6.45, 7) is 2.24. The number of amides is 1. The third kappa shape index (κ3) is 3.42. The van der Waals surface area contributed by atoms with E-state index in [2.05, 4.69) is 5.32 Å². The summed E-state index contributed by atoms with van der Waals surface area (Å²) >= 11 is 0. The van der Waals surface area contributed by atoms with E-state index in [0.717, 1.165) is 38.8 Å². The molecule has 1 saturated heterocycles. The van der Waals surface area contributed by atoms with Crippen LogP contribution in [0.2, 0.25) is 0 Å². The van der Waals surface area contributed by atoms with Crippen LogP contribution in [-0.4, -0.2) is 31.7 Å². The SMILES string of the molecule is NCC1(CNC(=O)CC2CCCO2)CCCC1. The number of ether oxygens (including phenoxy) is 1. The average molecular weight is 240 g/mol. The van der Waals surface area contributed by atoms with Gasteiger partial charge < -0.3 is 15.8 Å². The summed E-state index contributed by atoms with van der Waals surface area (Å²) in [5.41, 5.74) is 6.02. The van der Waals surface area contributed by atoms with Crippen molar-refractivity contribution in [3.63, 3.8) is 0 Å². The van der Waals surface area contributed by atoms with Gasteiger partial charge in [-0.1, -0.05) is 12.8 Å². The van der Waals surface area contributed by atoms with Crippen LogP contribution in [0.5, 0.6) is 0 Å². The van der Waals surface area contributed by atoms with Crippen LogP contribution in [0.4, 0.5) is 0 Å². The van der Waals surface area contributed by atoms with Crippen LogP contribution in [0.15, 0.2) is 0 Å². The Balaban J connectivity index is 1.71. The van der Waals surface area contributed by atoms with E-state index in [9.17, 15) is 4.79 Å². The summed E-state index contributed by atoms with van der Waals surface area (Å²) in [5.74, 6) is 0.122. The highest BCUT2D eigenvalue weighted by atomic mass is 16.5. The zero-order chi connectivity index (χ0) is 12.1. The Morgan fingerprint density at radius 1 is 1.35 bits per heavy atom. The molecule has 1 saturated carbocycles.